The highest BCUT2D eigenvalue weighted by molar-refractivity contribution is 7.98. The van der Waals surface area contributed by atoms with Crippen molar-refractivity contribution in [2.45, 2.75) is 185 Å². The number of carboxylic acid groups (broad SMARTS) is 1. The lowest BCUT2D eigenvalue weighted by Gasteiger charge is -2.30. The van der Waals surface area contributed by atoms with Crippen LogP contribution in [-0.2, 0) is 80.0 Å². The number of aliphatic imine (C=N–C) groups is 1. The molecule has 0 spiro atoms. The number of nitrogens with two attached hydrogens (primary N) is 3. The van der Waals surface area contributed by atoms with Gasteiger partial charge in [0.15, 0.2) is 5.96 Å². The highest BCUT2D eigenvalue weighted by atomic mass is 32.2. The lowest BCUT2D eigenvalue weighted by molar-refractivity contribution is -0.142. The van der Waals surface area contributed by atoms with Crippen molar-refractivity contribution in [3.05, 3.63) is 48.0 Å². The Kier molecular flexibility index (Phi) is 37.2. The van der Waals surface area contributed by atoms with E-state index in [1.807, 2.05) is 0 Å². The van der Waals surface area contributed by atoms with E-state index in [1.54, 1.807) is 34.0 Å². The second-order valence-electron chi connectivity index (χ2n) is 25.0. The number of carbonyl (C=O) groups excluding carboxylic acids is 13. The van der Waals surface area contributed by atoms with E-state index in [-0.39, 0.29) is 87.8 Å². The predicted molar refractivity (Wildman–Crippen MR) is 369 cm³/mol. The van der Waals surface area contributed by atoms with Gasteiger partial charge in [-0.25, -0.2) is 4.98 Å². The number of guanidine groups is 1. The minimum atomic E-state index is -1.85. The average molecular weight is 1460 g/mol. The minimum absolute atomic E-state index is 0.00153. The van der Waals surface area contributed by atoms with E-state index in [9.17, 15) is 87.5 Å². The Morgan fingerprint density at radius 3 is 1.77 bits per heavy atom. The molecule has 0 bridgehead atoms. The molecule has 0 radical (unpaired) electrons. The fraction of sp³-hybridized carbons (Fsp3) is 0.619. The van der Waals surface area contributed by atoms with Gasteiger partial charge < -0.3 is 116 Å². The number of phenolic OH excluding ortho intramolecular Hbond substituents is 1. The number of carboxylic acids is 1. The molecule has 13 amide bonds. The normalized spacial score (nSPS) is 16.4. The van der Waals surface area contributed by atoms with Gasteiger partial charge in [0.25, 0.3) is 0 Å². The van der Waals surface area contributed by atoms with Crippen LogP contribution in [0.4, 0.5) is 0 Å². The highest BCUT2D eigenvalue weighted by Gasteiger charge is 2.41. The zero-order chi connectivity index (χ0) is 76.5. The van der Waals surface area contributed by atoms with Crippen LogP contribution in [0.25, 0.3) is 0 Å². The number of carbonyl (C=O) groups is 14. The maximum atomic E-state index is 14.6. The van der Waals surface area contributed by atoms with Gasteiger partial charge in [-0.3, -0.25) is 72.1 Å². The van der Waals surface area contributed by atoms with Crippen molar-refractivity contribution >= 4 is 100 Å². The Morgan fingerprint density at radius 2 is 1.21 bits per heavy atom. The van der Waals surface area contributed by atoms with E-state index in [4.69, 9.17) is 22.3 Å². The van der Waals surface area contributed by atoms with Crippen molar-refractivity contribution in [2.24, 2.45) is 34.0 Å². The van der Waals surface area contributed by atoms with Crippen LogP contribution in [0.1, 0.15) is 105 Å². The summed E-state index contributed by atoms with van der Waals surface area (Å²) < 4.78 is 0. The average Bonchev–Trinajstić information content (AvgIpc) is 1.60. The summed E-state index contributed by atoms with van der Waals surface area (Å²) in [5.41, 5.74) is 17.2. The lowest BCUT2D eigenvalue weighted by Crippen LogP contribution is -2.63. The zero-order valence-electron chi connectivity index (χ0n) is 58.4. The second-order valence-corrected chi connectivity index (χ2v) is 26.0. The van der Waals surface area contributed by atoms with Crippen LogP contribution >= 0.6 is 11.8 Å². The van der Waals surface area contributed by atoms with Gasteiger partial charge in [0.1, 0.15) is 84.8 Å². The van der Waals surface area contributed by atoms with E-state index < -0.39 is 194 Å². The molecule has 0 saturated carbocycles. The Hall–Kier alpha value is -9.73. The molecular formula is C63H101N19O19S. The number of likely N-dealkylation sites (tertiary alicyclic amines) is 1. The van der Waals surface area contributed by atoms with Crippen LogP contribution in [0.5, 0.6) is 5.75 Å². The number of aromatic hydroxyl groups is 1. The first-order valence-electron chi connectivity index (χ1n) is 33.2. The SMILES string of the molecule is CC[C@H](C)[C@H](NC(=O)[C@@H](NC(=O)[C@H](C)NC(=O)[C@H](CCCN=C(N)N)NC(=O)[C@@H]1CCCN1C(=O)[C@H](C)NC(=O)[C@@H](N)CO)[C@@H](C)O)C(=O)N[C@@H](CO)C(=O)N[C@@H](Cc1cnc[nH]1)C(=O)N[C@@H](Cc1ccc(O)cc1)C(=O)N[C@@H](CC(C)C)C(=O)N[C@@H](CCSC)C(=O)NCC(=O)NCC(=O)O. The number of phenols is 1. The summed E-state index contributed by atoms with van der Waals surface area (Å²) in [7, 11) is 0. The summed E-state index contributed by atoms with van der Waals surface area (Å²) in [6.07, 6.45) is 2.93. The molecule has 0 unspecified atom stereocenters. The number of aliphatic hydroxyl groups is 3. The van der Waals surface area contributed by atoms with Crippen molar-refractivity contribution in [2.75, 3.05) is 51.4 Å². The summed E-state index contributed by atoms with van der Waals surface area (Å²) in [6.45, 7) is 7.51. The predicted octanol–water partition coefficient (Wildman–Crippen LogP) is -7.31. The summed E-state index contributed by atoms with van der Waals surface area (Å²) in [6, 6.07) is -11.8. The van der Waals surface area contributed by atoms with Crippen LogP contribution in [0.2, 0.25) is 0 Å². The van der Waals surface area contributed by atoms with Crippen LogP contribution in [0.3, 0.4) is 0 Å². The molecular weight excluding hydrogens is 1360 g/mol. The maximum absolute atomic E-state index is 14.6. The molecule has 39 heteroatoms. The zero-order valence-corrected chi connectivity index (χ0v) is 59.2. The molecule has 568 valence electrons. The van der Waals surface area contributed by atoms with Gasteiger partial charge in [0.2, 0.25) is 76.8 Å². The number of benzene rings is 1. The molecule has 2 aromatic rings. The first-order valence-corrected chi connectivity index (χ1v) is 34.6. The number of hydrogen-bond donors (Lipinski definition) is 21. The number of aliphatic hydroxyl groups excluding tert-OH is 3. The van der Waals surface area contributed by atoms with Crippen molar-refractivity contribution in [3.8, 4) is 5.75 Å². The van der Waals surface area contributed by atoms with Crippen LogP contribution in [0.15, 0.2) is 41.8 Å². The molecule has 2 heterocycles. The Labute approximate surface area is 593 Å². The van der Waals surface area contributed by atoms with E-state index in [2.05, 4.69) is 78.8 Å². The lowest BCUT2D eigenvalue weighted by atomic mass is 9.97. The number of nitrogens with zero attached hydrogens (tertiary/aromatic N) is 3. The van der Waals surface area contributed by atoms with Crippen molar-refractivity contribution in [1.82, 2.24) is 78.7 Å². The first kappa shape index (κ1) is 86.5. The van der Waals surface area contributed by atoms with Gasteiger partial charge >= 0.3 is 5.97 Å². The van der Waals surface area contributed by atoms with Gasteiger partial charge in [0.05, 0.1) is 32.2 Å². The van der Waals surface area contributed by atoms with Gasteiger partial charge in [-0.2, -0.15) is 11.8 Å². The number of aliphatic carboxylic acids is 1. The molecule has 102 heavy (non-hydrogen) atoms. The molecule has 38 nitrogen and oxygen atoms in total. The number of aromatic amines is 1. The third-order valence-electron chi connectivity index (χ3n) is 16.2. The summed E-state index contributed by atoms with van der Waals surface area (Å²) in [4.78, 5) is 202. The Morgan fingerprint density at radius 1 is 0.647 bits per heavy atom. The summed E-state index contributed by atoms with van der Waals surface area (Å²) in [5.74, 6) is -14.1. The monoisotopic (exact) mass is 1460 g/mol. The van der Waals surface area contributed by atoms with Crippen LogP contribution in [-0.4, -0.2) is 259 Å². The number of rotatable bonds is 44. The molecule has 24 N–H and O–H groups in total. The van der Waals surface area contributed by atoms with E-state index >= 15 is 0 Å². The van der Waals surface area contributed by atoms with Crippen molar-refractivity contribution in [1.29, 1.82) is 0 Å². The third-order valence-corrected chi connectivity index (χ3v) is 16.8. The maximum Gasteiger partial charge on any atom is 0.322 e. The molecule has 1 aromatic carbocycles. The molecule has 1 fully saturated rings. The molecule has 1 aromatic heterocycles. The number of aromatic nitrogens is 2. The number of imidazole rings is 1. The summed E-state index contributed by atoms with van der Waals surface area (Å²) >= 11 is 1.35. The first-order chi connectivity index (χ1) is 48.1. The molecule has 1 saturated heterocycles. The van der Waals surface area contributed by atoms with Gasteiger partial charge in [-0.1, -0.05) is 46.2 Å². The third kappa shape index (κ3) is 29.5. The van der Waals surface area contributed by atoms with Gasteiger partial charge in [-0.15, -0.1) is 0 Å². The number of thioether (sulfide) groups is 1. The van der Waals surface area contributed by atoms with Gasteiger partial charge in [-0.05, 0) is 101 Å². The van der Waals surface area contributed by atoms with E-state index in [0.717, 1.165) is 6.92 Å². The van der Waals surface area contributed by atoms with Crippen molar-refractivity contribution < 1.29 is 92.7 Å². The summed E-state index contributed by atoms with van der Waals surface area (Å²) in [5, 5.41) is 79.5. The molecule has 1 aliphatic heterocycles. The largest absolute Gasteiger partial charge is 0.508 e. The van der Waals surface area contributed by atoms with Crippen LogP contribution < -0.4 is 81.0 Å². The second kappa shape index (κ2) is 43.8. The Bertz CT molecular complexity index is 3200. The molecule has 3 rings (SSSR count). The quantitative estimate of drug-likeness (QED) is 0.0166. The number of nitrogens with one attached hydrogen (secondary N) is 13. The smallest absolute Gasteiger partial charge is 0.322 e. The number of amides is 13. The number of H-pyrrole nitrogens is 1. The van der Waals surface area contributed by atoms with E-state index in [0.29, 0.717) is 17.7 Å². The number of hydrogen-bond acceptors (Lipinski definition) is 22. The standard InChI is InChI=1S/C63H101N19O19S/c1-9-32(4)49(80-61(100)50(35(7)85)81-51(90)33(5)72-54(93)40(12-10-19-68-63(65)66)75-59(98)46-13-11-20-82(46)62(101)34(6)73-52(91)39(64)28-83)60(99)79-45(29-84)58(97)78-44(24-37-25-67-30-71-37)57(96)77-43(23-36-14-16-38(86)17-15-36)56(95)76-42(22-31(2)3)55(94)74-41(18-21-102-8)53(92)70-26-47(87)69-27-48(88)89/h14-17,25,30-35,39-46,49-50,83-86H,9-13,18-24,26-29,64H2,1-8H3,(H,67,71)(H,69,87)(H,70,92)(H,72,93)(H,73,91)(H,74,94)(H,75,98)(H,76,95)(H,77,96)(H,78,97)(H,79,99)(H,80,100)(H,81,90)(H,88,89)(H4,65,66,68)/t32-,33-,34-,35+,39-,40-,41-,42-,43-,44-,45-,46-,49-,50-/m0/s1. The van der Waals surface area contributed by atoms with E-state index in [1.165, 1.54) is 67.3 Å². The molecule has 1 aliphatic rings. The fourth-order valence-corrected chi connectivity index (χ4v) is 10.7. The fourth-order valence-electron chi connectivity index (χ4n) is 10.2. The Balaban J connectivity index is 1.86. The van der Waals surface area contributed by atoms with Crippen LogP contribution in [0, 0.1) is 11.8 Å². The van der Waals surface area contributed by atoms with Crippen molar-refractivity contribution in [3.63, 3.8) is 0 Å². The molecule has 0 aliphatic carbocycles. The highest BCUT2D eigenvalue weighted by Crippen LogP contribution is 2.20. The molecule has 14 atom stereocenters. The van der Waals surface area contributed by atoms with Gasteiger partial charge in [0, 0.05) is 37.8 Å². The minimum Gasteiger partial charge on any atom is -0.508 e. The topological polar surface area (TPSA) is 607 Å².